The van der Waals surface area contributed by atoms with Gasteiger partial charge in [0.15, 0.2) is 0 Å². The van der Waals surface area contributed by atoms with E-state index in [9.17, 15) is 0 Å². The molecular formula is MgN2O7Zr. The summed E-state index contributed by atoms with van der Waals surface area (Å²) in [7, 11) is 0. The van der Waals surface area contributed by atoms with Gasteiger partial charge in [-0.1, -0.05) is 0 Å². The Morgan fingerprint density at radius 2 is 0.818 bits per heavy atom. The summed E-state index contributed by atoms with van der Waals surface area (Å²) in [5.41, 5.74) is 0. The second-order valence-corrected chi connectivity index (χ2v) is 0.447. The van der Waals surface area contributed by atoms with Gasteiger partial charge in [0.2, 0.25) is 0 Å². The van der Waals surface area contributed by atoms with E-state index in [-0.39, 0.29) is 23.1 Å². The predicted molar refractivity (Wildman–Crippen MR) is 27.2 cm³/mol. The Labute approximate surface area is 91.0 Å². The van der Waals surface area contributed by atoms with Gasteiger partial charge in [0.1, 0.15) is 0 Å². The molecule has 0 aliphatic rings. The predicted octanol–water partition coefficient (Wildman–Crippen LogP) is -0.980. The van der Waals surface area contributed by atoms with Gasteiger partial charge in [-0.2, -0.15) is 0 Å². The number of nitrogens with zero attached hydrogens (tertiary/aromatic N) is 2. The molecule has 0 aromatic heterocycles. The van der Waals surface area contributed by atoms with Crippen molar-refractivity contribution in [1.29, 1.82) is 0 Å². The normalized spacial score (nSPS) is 4.64. The zero-order valence-corrected chi connectivity index (χ0v) is 8.83. The molecule has 0 aliphatic carbocycles. The summed E-state index contributed by atoms with van der Waals surface area (Å²) < 4.78 is 8.34. The Morgan fingerprint density at radius 3 is 0.818 bits per heavy atom. The molecule has 0 amide bonds. The first-order valence-corrected chi connectivity index (χ1v) is 2.30. The van der Waals surface area contributed by atoms with Crippen LogP contribution in [0.4, 0.5) is 0 Å². The van der Waals surface area contributed by atoms with Gasteiger partial charge in [0.25, 0.3) is 0 Å². The van der Waals surface area contributed by atoms with E-state index in [1.54, 1.807) is 0 Å². The van der Waals surface area contributed by atoms with E-state index in [0.29, 0.717) is 24.7 Å². The van der Waals surface area contributed by atoms with Crippen molar-refractivity contribution in [3.8, 4) is 0 Å². The molecule has 0 heterocycles. The van der Waals surface area contributed by atoms with Gasteiger partial charge in [-0.25, -0.2) is 0 Å². The molecular weight excluding hydrogens is 256 g/mol. The summed E-state index contributed by atoms with van der Waals surface area (Å²) in [6.07, 6.45) is 0. The molecule has 0 aromatic carbocycles. The van der Waals surface area contributed by atoms with Crippen LogP contribution in [-0.4, -0.2) is 33.2 Å². The maximum absolute atomic E-state index is 8.34. The number of hydrogen-bond acceptors (Lipinski definition) is 7. The van der Waals surface area contributed by atoms with Crippen LogP contribution in [0.5, 0.6) is 0 Å². The summed E-state index contributed by atoms with van der Waals surface area (Å²) >= 11 is 0.300. The fourth-order valence-corrected chi connectivity index (χ4v) is 0. The Balaban J connectivity index is -0.0000000339. The van der Waals surface area contributed by atoms with Gasteiger partial charge in [0, 0.05) is 0 Å². The SMILES string of the molecule is O=[N+]([O-])[O-].O=[N+]([O-])[O-].[Mg+2].[O]=[Zr]. The zero-order chi connectivity index (χ0) is 9.15. The van der Waals surface area contributed by atoms with E-state index in [1.165, 1.54) is 0 Å². The third kappa shape index (κ3) is 26700. The van der Waals surface area contributed by atoms with Crippen molar-refractivity contribution in [2.24, 2.45) is 0 Å². The summed E-state index contributed by atoms with van der Waals surface area (Å²) in [6, 6.07) is 0. The minimum atomic E-state index is -1.75. The van der Waals surface area contributed by atoms with Crippen LogP contribution in [0.15, 0.2) is 0 Å². The fraction of sp³-hybridized carbons (Fsp3) is 0. The Hall–Kier alpha value is -0.151. The summed E-state index contributed by atoms with van der Waals surface area (Å²) in [6.45, 7) is 0. The molecule has 0 atom stereocenters. The average Bonchev–Trinajstić information content (AvgIpc) is 1.66. The summed E-state index contributed by atoms with van der Waals surface area (Å²) in [5, 5.41) is 29.5. The second kappa shape index (κ2) is 22.5. The van der Waals surface area contributed by atoms with Crippen molar-refractivity contribution < 1.29 is 37.7 Å². The van der Waals surface area contributed by atoms with Gasteiger partial charge in [-0.15, -0.1) is 0 Å². The van der Waals surface area contributed by atoms with Crippen molar-refractivity contribution in [3.63, 3.8) is 0 Å². The van der Waals surface area contributed by atoms with Gasteiger partial charge >= 0.3 is 50.6 Å². The zero-order valence-electron chi connectivity index (χ0n) is 4.96. The van der Waals surface area contributed by atoms with Crippen molar-refractivity contribution >= 4 is 23.1 Å². The van der Waals surface area contributed by atoms with Crippen LogP contribution in [-0.2, 0) is 27.5 Å². The monoisotopic (exact) mass is 254 g/mol. The van der Waals surface area contributed by atoms with Gasteiger partial charge < -0.3 is 30.6 Å². The van der Waals surface area contributed by atoms with Crippen LogP contribution in [0.3, 0.4) is 0 Å². The average molecular weight is 256 g/mol. The minimum absolute atomic E-state index is 0. The van der Waals surface area contributed by atoms with Gasteiger partial charge in [-0.05, 0) is 0 Å². The first kappa shape index (κ1) is 22.4. The molecule has 9 nitrogen and oxygen atoms in total. The molecule has 0 unspecified atom stereocenters. The fourth-order valence-electron chi connectivity index (χ4n) is 0. The van der Waals surface area contributed by atoms with Gasteiger partial charge in [-0.3, -0.25) is 0 Å². The van der Waals surface area contributed by atoms with E-state index in [2.05, 4.69) is 0 Å². The van der Waals surface area contributed by atoms with Crippen molar-refractivity contribution in [2.45, 2.75) is 0 Å². The molecule has 0 rings (SSSR count). The molecule has 0 spiro atoms. The quantitative estimate of drug-likeness (QED) is 0.306. The molecule has 0 aliphatic heterocycles. The molecule has 58 valence electrons. The maximum atomic E-state index is 8.34. The molecule has 0 fully saturated rings. The van der Waals surface area contributed by atoms with E-state index in [1.807, 2.05) is 0 Å². The van der Waals surface area contributed by atoms with Crippen molar-refractivity contribution in [1.82, 2.24) is 0 Å². The molecule has 0 saturated carbocycles. The van der Waals surface area contributed by atoms with E-state index >= 15 is 0 Å². The summed E-state index contributed by atoms with van der Waals surface area (Å²) in [4.78, 5) is 16.5. The third-order valence-electron chi connectivity index (χ3n) is 0. The van der Waals surface area contributed by atoms with Crippen LogP contribution in [0, 0.1) is 30.6 Å². The van der Waals surface area contributed by atoms with Crippen LogP contribution < -0.4 is 0 Å². The molecule has 11 heteroatoms. The van der Waals surface area contributed by atoms with Gasteiger partial charge in [0.05, 0.1) is 10.2 Å². The third-order valence-corrected chi connectivity index (χ3v) is 0. The standard InChI is InChI=1S/Mg.2NO3.O.Zr/c;2*2-1(3)4;;/q+2;2*-1;;. The summed E-state index contributed by atoms with van der Waals surface area (Å²) in [5.74, 6) is 0. The number of hydrogen-bond donors (Lipinski definition) is 0. The van der Waals surface area contributed by atoms with Crippen LogP contribution in [0.2, 0.25) is 0 Å². The molecule has 0 N–H and O–H groups in total. The van der Waals surface area contributed by atoms with E-state index in [0.717, 1.165) is 0 Å². The second-order valence-electron chi connectivity index (χ2n) is 0.447. The van der Waals surface area contributed by atoms with Crippen LogP contribution in [0.1, 0.15) is 0 Å². The van der Waals surface area contributed by atoms with Crippen LogP contribution in [0.25, 0.3) is 0 Å². The van der Waals surface area contributed by atoms with E-state index < -0.39 is 10.2 Å². The van der Waals surface area contributed by atoms with Crippen LogP contribution >= 0.6 is 0 Å². The first-order chi connectivity index (χ1) is 4.46. The topological polar surface area (TPSA) is 149 Å². The van der Waals surface area contributed by atoms with Crippen molar-refractivity contribution in [2.75, 3.05) is 0 Å². The van der Waals surface area contributed by atoms with E-state index in [4.69, 9.17) is 33.5 Å². The Bertz CT molecular complexity index is 84.6. The molecule has 0 saturated heterocycles. The Kier molecular flexibility index (Phi) is 46.0. The van der Waals surface area contributed by atoms with Crippen molar-refractivity contribution in [3.05, 3.63) is 30.6 Å². The number of rotatable bonds is 0. The molecule has 0 bridgehead atoms. The molecule has 0 aromatic rings. The first-order valence-electron chi connectivity index (χ1n) is 1.30. The molecule has 11 heavy (non-hydrogen) atoms. The molecule has 0 radical (unpaired) electrons. The Morgan fingerprint density at radius 1 is 0.818 bits per heavy atom.